The summed E-state index contributed by atoms with van der Waals surface area (Å²) in [6.07, 6.45) is 0.704. The first kappa shape index (κ1) is 15.2. The highest BCUT2D eigenvalue weighted by atomic mass is 19.1. The van der Waals surface area contributed by atoms with Gasteiger partial charge in [0.2, 0.25) is 0 Å². The van der Waals surface area contributed by atoms with Crippen molar-refractivity contribution in [3.05, 3.63) is 33.6 Å². The summed E-state index contributed by atoms with van der Waals surface area (Å²) >= 11 is 0. The second-order valence-electron chi connectivity index (χ2n) is 4.46. The summed E-state index contributed by atoms with van der Waals surface area (Å²) in [5.74, 6) is -1.84. The van der Waals surface area contributed by atoms with Gasteiger partial charge in [0.15, 0.2) is 11.5 Å². The normalized spacial score (nSPS) is 17.0. The molecule has 7 nitrogen and oxygen atoms in total. The van der Waals surface area contributed by atoms with Crippen molar-refractivity contribution >= 4 is 17.3 Å². The molecule has 1 atom stereocenters. The molecule has 0 unspecified atom stereocenters. The second-order valence-corrected chi connectivity index (χ2v) is 4.46. The number of ether oxygens (including phenoxy) is 2. The van der Waals surface area contributed by atoms with Crippen molar-refractivity contribution in [1.82, 2.24) is 0 Å². The number of esters is 1. The zero-order valence-electron chi connectivity index (χ0n) is 11.4. The molecule has 1 N–H and O–H groups in total. The molecule has 1 aromatic carbocycles. The van der Waals surface area contributed by atoms with Crippen LogP contribution in [0, 0.1) is 15.9 Å². The Morgan fingerprint density at radius 2 is 2.33 bits per heavy atom. The molecule has 0 radical (unpaired) electrons. The maximum atomic E-state index is 14.3. The van der Waals surface area contributed by atoms with E-state index >= 15 is 0 Å². The number of hydrogen-bond acceptors (Lipinski definition) is 6. The SMILES string of the molecule is CCOC(=O)c1ccc([N+](=O)[O-])c(NC[C@@H]2CCO2)c1F. The highest BCUT2D eigenvalue weighted by Crippen LogP contribution is 2.30. The molecule has 1 aliphatic rings. The number of hydrogen-bond donors (Lipinski definition) is 1. The Kier molecular flexibility index (Phi) is 4.69. The number of nitrogens with one attached hydrogen (secondary N) is 1. The number of anilines is 1. The second kappa shape index (κ2) is 6.49. The van der Waals surface area contributed by atoms with Crippen molar-refractivity contribution in [2.75, 3.05) is 25.1 Å². The molecule has 0 saturated carbocycles. The molecule has 1 saturated heterocycles. The van der Waals surface area contributed by atoms with Gasteiger partial charge in [-0.15, -0.1) is 0 Å². The Balaban J connectivity index is 2.29. The van der Waals surface area contributed by atoms with Gasteiger partial charge < -0.3 is 14.8 Å². The van der Waals surface area contributed by atoms with E-state index in [0.717, 1.165) is 18.6 Å². The summed E-state index contributed by atoms with van der Waals surface area (Å²) in [5.41, 5.74) is -1.08. The average Bonchev–Trinajstić information content (AvgIpc) is 2.38. The van der Waals surface area contributed by atoms with Crippen molar-refractivity contribution in [1.29, 1.82) is 0 Å². The van der Waals surface area contributed by atoms with Gasteiger partial charge in [-0.3, -0.25) is 10.1 Å². The summed E-state index contributed by atoms with van der Waals surface area (Å²) in [4.78, 5) is 21.9. The average molecular weight is 298 g/mol. The van der Waals surface area contributed by atoms with Crippen LogP contribution < -0.4 is 5.32 Å². The first-order valence-electron chi connectivity index (χ1n) is 6.54. The summed E-state index contributed by atoms with van der Waals surface area (Å²) in [5, 5.41) is 13.6. The van der Waals surface area contributed by atoms with E-state index in [0.29, 0.717) is 6.61 Å². The van der Waals surface area contributed by atoms with Gasteiger partial charge in [0.1, 0.15) is 0 Å². The minimum atomic E-state index is -0.984. The summed E-state index contributed by atoms with van der Waals surface area (Å²) in [7, 11) is 0. The molecule has 21 heavy (non-hydrogen) atoms. The molecule has 0 amide bonds. The van der Waals surface area contributed by atoms with Crippen LogP contribution >= 0.6 is 0 Å². The van der Waals surface area contributed by atoms with Crippen LogP contribution in [-0.2, 0) is 9.47 Å². The molecule has 0 bridgehead atoms. The highest BCUT2D eigenvalue weighted by molar-refractivity contribution is 5.92. The molecule has 0 aliphatic carbocycles. The van der Waals surface area contributed by atoms with E-state index in [-0.39, 0.29) is 30.5 Å². The number of rotatable bonds is 6. The van der Waals surface area contributed by atoms with Gasteiger partial charge in [0, 0.05) is 19.2 Å². The van der Waals surface area contributed by atoms with Crippen LogP contribution in [0.1, 0.15) is 23.7 Å². The lowest BCUT2D eigenvalue weighted by molar-refractivity contribution is -0.384. The zero-order valence-corrected chi connectivity index (χ0v) is 11.4. The van der Waals surface area contributed by atoms with Crippen molar-refractivity contribution in [2.24, 2.45) is 0 Å². The number of carbonyl (C=O) groups excluding carboxylic acids is 1. The summed E-state index contributed by atoms with van der Waals surface area (Å²) in [6, 6.07) is 2.13. The molecule has 0 aromatic heterocycles. The smallest absolute Gasteiger partial charge is 0.341 e. The zero-order chi connectivity index (χ0) is 15.4. The summed E-state index contributed by atoms with van der Waals surface area (Å²) in [6.45, 7) is 2.55. The Hall–Kier alpha value is -2.22. The number of halogens is 1. The van der Waals surface area contributed by atoms with Crippen LogP contribution in [-0.4, -0.2) is 36.8 Å². The lowest BCUT2D eigenvalue weighted by atomic mass is 10.1. The molecule has 114 valence electrons. The van der Waals surface area contributed by atoms with Gasteiger partial charge in [0.05, 0.1) is 23.2 Å². The molecule has 8 heteroatoms. The van der Waals surface area contributed by atoms with E-state index < -0.39 is 22.4 Å². The minimum Gasteiger partial charge on any atom is -0.462 e. The topological polar surface area (TPSA) is 90.7 Å². The largest absolute Gasteiger partial charge is 0.462 e. The third kappa shape index (κ3) is 3.27. The monoisotopic (exact) mass is 298 g/mol. The van der Waals surface area contributed by atoms with E-state index in [2.05, 4.69) is 5.32 Å². The van der Waals surface area contributed by atoms with Crippen molar-refractivity contribution in [3.63, 3.8) is 0 Å². The molecule has 1 heterocycles. The number of nitro benzene ring substituents is 1. The molecular weight excluding hydrogens is 283 g/mol. The van der Waals surface area contributed by atoms with Crippen LogP contribution in [0.5, 0.6) is 0 Å². The van der Waals surface area contributed by atoms with Gasteiger partial charge in [-0.25, -0.2) is 9.18 Å². The summed E-state index contributed by atoms with van der Waals surface area (Å²) < 4.78 is 24.2. The van der Waals surface area contributed by atoms with E-state index in [1.165, 1.54) is 0 Å². The van der Waals surface area contributed by atoms with E-state index in [4.69, 9.17) is 9.47 Å². The van der Waals surface area contributed by atoms with Crippen LogP contribution in [0.3, 0.4) is 0 Å². The third-order valence-corrected chi connectivity index (χ3v) is 3.11. The predicted octanol–water partition coefficient (Wildman–Crippen LogP) is 2.11. The maximum absolute atomic E-state index is 14.3. The van der Waals surface area contributed by atoms with Crippen LogP contribution in [0.2, 0.25) is 0 Å². The van der Waals surface area contributed by atoms with E-state index in [9.17, 15) is 19.3 Å². The molecule has 1 aliphatic heterocycles. The Morgan fingerprint density at radius 1 is 1.62 bits per heavy atom. The van der Waals surface area contributed by atoms with Crippen LogP contribution in [0.4, 0.5) is 15.8 Å². The molecule has 1 aromatic rings. The fourth-order valence-corrected chi connectivity index (χ4v) is 1.91. The molecule has 2 rings (SSSR count). The van der Waals surface area contributed by atoms with Crippen molar-refractivity contribution in [3.8, 4) is 0 Å². The number of nitrogens with zero attached hydrogens (tertiary/aromatic N) is 1. The quantitative estimate of drug-likeness (QED) is 0.491. The van der Waals surface area contributed by atoms with Gasteiger partial charge >= 0.3 is 5.97 Å². The first-order valence-corrected chi connectivity index (χ1v) is 6.54. The van der Waals surface area contributed by atoms with Crippen LogP contribution in [0.25, 0.3) is 0 Å². The van der Waals surface area contributed by atoms with Crippen molar-refractivity contribution in [2.45, 2.75) is 19.4 Å². The van der Waals surface area contributed by atoms with Crippen LogP contribution in [0.15, 0.2) is 12.1 Å². The standard InChI is InChI=1S/C13H15FN2O5/c1-2-20-13(17)9-3-4-10(16(18)19)12(11(9)14)15-7-8-5-6-21-8/h3-4,8,15H,2,5-7H2,1H3/t8-/m0/s1. The number of carbonyl (C=O) groups is 1. The Bertz CT molecular complexity index is 560. The highest BCUT2D eigenvalue weighted by Gasteiger charge is 2.26. The van der Waals surface area contributed by atoms with Gasteiger partial charge in [-0.2, -0.15) is 0 Å². The first-order chi connectivity index (χ1) is 10.0. The fraction of sp³-hybridized carbons (Fsp3) is 0.462. The maximum Gasteiger partial charge on any atom is 0.341 e. The number of nitro groups is 1. The Morgan fingerprint density at radius 3 is 2.86 bits per heavy atom. The fourth-order valence-electron chi connectivity index (χ4n) is 1.91. The van der Waals surface area contributed by atoms with Gasteiger partial charge in [-0.05, 0) is 19.4 Å². The van der Waals surface area contributed by atoms with Gasteiger partial charge in [-0.1, -0.05) is 0 Å². The molecular formula is C13H15FN2O5. The lowest BCUT2D eigenvalue weighted by Crippen LogP contribution is -2.33. The van der Waals surface area contributed by atoms with E-state index in [1.54, 1.807) is 6.92 Å². The predicted molar refractivity (Wildman–Crippen MR) is 71.9 cm³/mol. The molecule has 1 fully saturated rings. The van der Waals surface area contributed by atoms with E-state index in [1.807, 2.05) is 0 Å². The Labute approximate surface area is 120 Å². The number of benzene rings is 1. The third-order valence-electron chi connectivity index (χ3n) is 3.11. The van der Waals surface area contributed by atoms with Crippen molar-refractivity contribution < 1.29 is 23.6 Å². The minimum absolute atomic E-state index is 0.0912. The molecule has 0 spiro atoms. The lowest BCUT2D eigenvalue weighted by Gasteiger charge is -2.26. The van der Waals surface area contributed by atoms with Gasteiger partial charge in [0.25, 0.3) is 5.69 Å².